The number of amides is 3. The van der Waals surface area contributed by atoms with Crippen LogP contribution in [0.1, 0.15) is 52.1 Å². The Hall–Kier alpha value is -2.24. The van der Waals surface area contributed by atoms with Crippen LogP contribution in [0.25, 0.3) is 0 Å². The standard InChI is InChI=1S/C22H35N3O3/c1-6-24(7-2)22(27)25-14-12-18(13-15-25)21(26)23-20(16(3)4)17-8-10-19(28-5)11-9-17/h8-11,16,18,20H,6-7,12-15H2,1-5H3,(H,23,26). The number of nitrogens with zero attached hydrogens (tertiary/aromatic N) is 2. The van der Waals surface area contributed by atoms with Gasteiger partial charge in [0.15, 0.2) is 0 Å². The Balaban J connectivity index is 1.95. The molecule has 6 heteroatoms. The Morgan fingerprint density at radius 2 is 1.71 bits per heavy atom. The lowest BCUT2D eigenvalue weighted by Crippen LogP contribution is -2.48. The maximum atomic E-state index is 12.9. The molecule has 1 heterocycles. The molecule has 1 aromatic rings. The normalized spacial score (nSPS) is 16.0. The highest BCUT2D eigenvalue weighted by Gasteiger charge is 2.30. The number of methoxy groups -OCH3 is 1. The summed E-state index contributed by atoms with van der Waals surface area (Å²) >= 11 is 0. The minimum Gasteiger partial charge on any atom is -0.497 e. The predicted octanol–water partition coefficient (Wildman–Crippen LogP) is 3.68. The third-order valence-electron chi connectivity index (χ3n) is 5.61. The molecule has 1 aliphatic heterocycles. The van der Waals surface area contributed by atoms with E-state index in [0.717, 1.165) is 11.3 Å². The molecule has 1 unspecified atom stereocenters. The largest absolute Gasteiger partial charge is 0.497 e. The summed E-state index contributed by atoms with van der Waals surface area (Å²) in [7, 11) is 1.65. The minimum absolute atomic E-state index is 0.0336. The summed E-state index contributed by atoms with van der Waals surface area (Å²) in [5.74, 6) is 1.13. The molecule has 1 aliphatic rings. The molecule has 1 fully saturated rings. The average Bonchev–Trinajstić information content (AvgIpc) is 2.72. The van der Waals surface area contributed by atoms with Gasteiger partial charge in [0.1, 0.15) is 5.75 Å². The highest BCUT2D eigenvalue weighted by Crippen LogP contribution is 2.26. The molecular formula is C22H35N3O3. The zero-order chi connectivity index (χ0) is 20.7. The van der Waals surface area contributed by atoms with E-state index in [1.54, 1.807) is 7.11 Å². The molecule has 28 heavy (non-hydrogen) atoms. The molecule has 156 valence electrons. The van der Waals surface area contributed by atoms with Crippen molar-refractivity contribution in [3.63, 3.8) is 0 Å². The first-order valence-electron chi connectivity index (χ1n) is 10.4. The fourth-order valence-electron chi connectivity index (χ4n) is 3.74. The third-order valence-corrected chi connectivity index (χ3v) is 5.61. The van der Waals surface area contributed by atoms with Gasteiger partial charge in [0, 0.05) is 32.1 Å². The number of nitrogens with one attached hydrogen (secondary N) is 1. The SMILES string of the molecule is CCN(CC)C(=O)N1CCC(C(=O)NC(c2ccc(OC)cc2)C(C)C)CC1. The van der Waals surface area contributed by atoms with Crippen LogP contribution in [-0.2, 0) is 4.79 Å². The fourth-order valence-corrected chi connectivity index (χ4v) is 3.74. The van der Waals surface area contributed by atoms with Crippen molar-refractivity contribution >= 4 is 11.9 Å². The van der Waals surface area contributed by atoms with Crippen LogP contribution in [0.5, 0.6) is 5.75 Å². The van der Waals surface area contributed by atoms with Crippen LogP contribution < -0.4 is 10.1 Å². The second-order valence-electron chi connectivity index (χ2n) is 7.72. The molecule has 3 amide bonds. The zero-order valence-corrected chi connectivity index (χ0v) is 17.9. The van der Waals surface area contributed by atoms with E-state index in [1.165, 1.54) is 0 Å². The number of rotatable bonds is 7. The van der Waals surface area contributed by atoms with Crippen LogP contribution in [0.4, 0.5) is 4.79 Å². The molecule has 0 saturated carbocycles. The Bertz CT molecular complexity index is 633. The first kappa shape index (κ1) is 22.1. The molecule has 0 bridgehead atoms. The molecule has 1 aromatic carbocycles. The summed E-state index contributed by atoms with van der Waals surface area (Å²) in [6.07, 6.45) is 1.43. The highest BCUT2D eigenvalue weighted by molar-refractivity contribution is 5.80. The van der Waals surface area contributed by atoms with Crippen molar-refractivity contribution in [1.82, 2.24) is 15.1 Å². The molecule has 0 radical (unpaired) electrons. The van der Waals surface area contributed by atoms with E-state index in [-0.39, 0.29) is 29.8 Å². The summed E-state index contributed by atoms with van der Waals surface area (Å²) in [4.78, 5) is 29.1. The van der Waals surface area contributed by atoms with Crippen molar-refractivity contribution in [2.45, 2.75) is 46.6 Å². The second-order valence-corrected chi connectivity index (χ2v) is 7.72. The predicted molar refractivity (Wildman–Crippen MR) is 111 cm³/mol. The Kier molecular flexibility index (Phi) is 8.15. The van der Waals surface area contributed by atoms with E-state index < -0.39 is 0 Å². The molecule has 1 saturated heterocycles. The lowest BCUT2D eigenvalue weighted by molar-refractivity contribution is -0.127. The number of ether oxygens (including phenoxy) is 1. The van der Waals surface area contributed by atoms with E-state index in [0.29, 0.717) is 39.0 Å². The average molecular weight is 390 g/mol. The Morgan fingerprint density at radius 3 is 2.18 bits per heavy atom. The highest BCUT2D eigenvalue weighted by atomic mass is 16.5. The van der Waals surface area contributed by atoms with E-state index in [2.05, 4.69) is 19.2 Å². The summed E-state index contributed by atoms with van der Waals surface area (Å²) in [5, 5.41) is 3.24. The summed E-state index contributed by atoms with van der Waals surface area (Å²) in [5.41, 5.74) is 1.08. The van der Waals surface area contributed by atoms with Crippen LogP contribution in [0, 0.1) is 11.8 Å². The summed E-state index contributed by atoms with van der Waals surface area (Å²) < 4.78 is 5.22. The van der Waals surface area contributed by atoms with Crippen molar-refractivity contribution in [1.29, 1.82) is 0 Å². The topological polar surface area (TPSA) is 61.9 Å². The number of piperidine rings is 1. The summed E-state index contributed by atoms with van der Waals surface area (Å²) in [6.45, 7) is 10.9. The third kappa shape index (κ3) is 5.40. The molecule has 0 aromatic heterocycles. The van der Waals surface area contributed by atoms with Gasteiger partial charge in [-0.3, -0.25) is 4.79 Å². The van der Waals surface area contributed by atoms with Crippen molar-refractivity contribution in [3.8, 4) is 5.75 Å². The van der Waals surface area contributed by atoms with E-state index in [9.17, 15) is 9.59 Å². The minimum atomic E-state index is -0.0414. The zero-order valence-electron chi connectivity index (χ0n) is 17.9. The van der Waals surface area contributed by atoms with Gasteiger partial charge in [-0.2, -0.15) is 0 Å². The maximum Gasteiger partial charge on any atom is 0.319 e. The lowest BCUT2D eigenvalue weighted by Gasteiger charge is -2.35. The van der Waals surface area contributed by atoms with Crippen molar-refractivity contribution in [2.75, 3.05) is 33.3 Å². The van der Waals surface area contributed by atoms with Gasteiger partial charge in [-0.25, -0.2) is 4.79 Å². The molecule has 6 nitrogen and oxygen atoms in total. The fraction of sp³-hybridized carbons (Fsp3) is 0.636. The van der Waals surface area contributed by atoms with Crippen molar-refractivity contribution in [3.05, 3.63) is 29.8 Å². The van der Waals surface area contributed by atoms with Crippen molar-refractivity contribution in [2.24, 2.45) is 11.8 Å². The first-order chi connectivity index (χ1) is 13.4. The monoisotopic (exact) mass is 389 g/mol. The number of hydrogen-bond donors (Lipinski definition) is 1. The van der Waals surface area contributed by atoms with Crippen LogP contribution in [0.15, 0.2) is 24.3 Å². The number of benzene rings is 1. The van der Waals surface area contributed by atoms with Gasteiger partial charge in [-0.1, -0.05) is 26.0 Å². The quantitative estimate of drug-likeness (QED) is 0.774. The number of carbonyl (C=O) groups is 2. The molecule has 1 atom stereocenters. The Morgan fingerprint density at radius 1 is 1.14 bits per heavy atom. The molecule has 0 spiro atoms. The number of likely N-dealkylation sites (tertiary alicyclic amines) is 1. The molecule has 1 N–H and O–H groups in total. The Labute approximate surface area is 169 Å². The number of urea groups is 1. The second kappa shape index (κ2) is 10.3. The number of carbonyl (C=O) groups excluding carboxylic acids is 2. The van der Waals surface area contributed by atoms with Crippen molar-refractivity contribution < 1.29 is 14.3 Å². The van der Waals surface area contributed by atoms with Gasteiger partial charge in [0.05, 0.1) is 13.2 Å². The van der Waals surface area contributed by atoms with Crippen LogP contribution in [0.3, 0.4) is 0 Å². The van der Waals surface area contributed by atoms with Crippen LogP contribution in [0.2, 0.25) is 0 Å². The molecule has 2 rings (SSSR count). The van der Waals surface area contributed by atoms with E-state index >= 15 is 0 Å². The number of hydrogen-bond acceptors (Lipinski definition) is 3. The lowest BCUT2D eigenvalue weighted by atomic mass is 9.92. The van der Waals surface area contributed by atoms with E-state index in [1.807, 2.05) is 47.9 Å². The van der Waals surface area contributed by atoms with Gasteiger partial charge < -0.3 is 19.9 Å². The van der Waals surface area contributed by atoms with Crippen LogP contribution in [-0.4, -0.2) is 55.0 Å². The van der Waals surface area contributed by atoms with E-state index in [4.69, 9.17) is 4.74 Å². The smallest absolute Gasteiger partial charge is 0.319 e. The molecular weight excluding hydrogens is 354 g/mol. The maximum absolute atomic E-state index is 12.9. The van der Waals surface area contributed by atoms with Gasteiger partial charge in [0.25, 0.3) is 0 Å². The van der Waals surface area contributed by atoms with Gasteiger partial charge in [0.2, 0.25) is 5.91 Å². The van der Waals surface area contributed by atoms with Gasteiger partial charge in [-0.05, 0) is 50.3 Å². The van der Waals surface area contributed by atoms with Crippen LogP contribution >= 0.6 is 0 Å². The molecule has 0 aliphatic carbocycles. The van der Waals surface area contributed by atoms with Gasteiger partial charge in [-0.15, -0.1) is 0 Å². The first-order valence-corrected chi connectivity index (χ1v) is 10.4. The van der Waals surface area contributed by atoms with Gasteiger partial charge >= 0.3 is 6.03 Å². The summed E-state index contributed by atoms with van der Waals surface area (Å²) in [6, 6.07) is 7.92.